The first-order valence-electron chi connectivity index (χ1n) is 15.5. The summed E-state index contributed by atoms with van der Waals surface area (Å²) in [7, 11) is -3.67. The first-order valence-corrected chi connectivity index (χ1v) is 17.3. The van der Waals surface area contributed by atoms with Crippen molar-refractivity contribution in [3.05, 3.63) is 0 Å². The van der Waals surface area contributed by atoms with Gasteiger partial charge in [-0.1, -0.05) is 110 Å². The van der Waals surface area contributed by atoms with Crippen molar-refractivity contribution in [2.45, 2.75) is 135 Å². The maximum atomic E-state index is 12.3. The fourth-order valence-corrected chi connectivity index (χ4v) is 6.16. The predicted octanol–water partition coefficient (Wildman–Crippen LogP) is 6.08. The van der Waals surface area contributed by atoms with Gasteiger partial charge in [0.15, 0.2) is 0 Å². The first kappa shape index (κ1) is 34.6. The van der Waals surface area contributed by atoms with E-state index in [1.807, 2.05) is 0 Å². The molecule has 1 rings (SSSR count). The van der Waals surface area contributed by atoms with Crippen LogP contribution in [0.2, 0.25) is 0 Å². The molecule has 0 bridgehead atoms. The smallest absolute Gasteiger partial charge is 0.333 e. The van der Waals surface area contributed by atoms with E-state index in [4.69, 9.17) is 14.0 Å². The zero-order valence-electron chi connectivity index (χ0n) is 24.0. The molecule has 0 amide bonds. The van der Waals surface area contributed by atoms with Gasteiger partial charge in [-0.25, -0.2) is 0 Å². The van der Waals surface area contributed by atoms with E-state index in [1.165, 1.54) is 114 Å². The standard InChI is InChI=1S/C29H58NO6P/c1-2-3-4-5-6-7-8-9-10-11-12-13-14-15-16-17-20-24-34-26-29(35-28-31)27-36-37(32,33)25-23-30-21-18-19-22-30/h28-29H,2-27H2,1H3,(H,32,33)/p+1. The highest BCUT2D eigenvalue weighted by atomic mass is 31.2. The van der Waals surface area contributed by atoms with Crippen LogP contribution in [-0.4, -0.2) is 63.1 Å². The Balaban J connectivity index is 1.88. The Morgan fingerprint density at radius 3 is 1.76 bits per heavy atom. The van der Waals surface area contributed by atoms with E-state index in [0.29, 0.717) is 19.6 Å². The Bertz CT molecular complexity index is 559. The fourth-order valence-electron chi connectivity index (χ4n) is 5.04. The highest BCUT2D eigenvalue weighted by Gasteiger charge is 2.26. The van der Waals surface area contributed by atoms with Gasteiger partial charge >= 0.3 is 7.60 Å². The van der Waals surface area contributed by atoms with E-state index >= 15 is 0 Å². The molecule has 7 nitrogen and oxygen atoms in total. The average Bonchev–Trinajstić information content (AvgIpc) is 3.41. The van der Waals surface area contributed by atoms with Crippen molar-refractivity contribution in [2.75, 3.05) is 45.6 Å². The summed E-state index contributed by atoms with van der Waals surface area (Å²) in [6.45, 7) is 6.07. The van der Waals surface area contributed by atoms with Crippen molar-refractivity contribution in [2.24, 2.45) is 0 Å². The quantitative estimate of drug-likeness (QED) is 0.0700. The Labute approximate surface area is 227 Å². The van der Waals surface area contributed by atoms with Crippen molar-refractivity contribution in [1.82, 2.24) is 0 Å². The molecule has 2 unspecified atom stereocenters. The minimum Gasteiger partial charge on any atom is -0.460 e. The number of carbonyl (C=O) groups is 1. The number of hydrogen-bond acceptors (Lipinski definition) is 5. The number of ether oxygens (including phenoxy) is 2. The van der Waals surface area contributed by atoms with Crippen LogP contribution in [0.5, 0.6) is 0 Å². The van der Waals surface area contributed by atoms with E-state index in [0.717, 1.165) is 25.9 Å². The lowest BCUT2D eigenvalue weighted by molar-refractivity contribution is -0.884. The molecule has 0 saturated carbocycles. The molecule has 2 N–H and O–H groups in total. The largest absolute Gasteiger partial charge is 0.460 e. The highest BCUT2D eigenvalue weighted by molar-refractivity contribution is 7.52. The van der Waals surface area contributed by atoms with Crippen LogP contribution in [0.3, 0.4) is 0 Å². The number of unbranched alkanes of at least 4 members (excludes halogenated alkanes) is 16. The Morgan fingerprint density at radius 1 is 0.784 bits per heavy atom. The number of nitrogens with one attached hydrogen (secondary N) is 1. The van der Waals surface area contributed by atoms with E-state index < -0.39 is 13.7 Å². The number of quaternary nitrogens is 1. The van der Waals surface area contributed by atoms with E-state index in [9.17, 15) is 14.3 Å². The second kappa shape index (κ2) is 24.6. The average molecular weight is 549 g/mol. The SMILES string of the molecule is CCCCCCCCCCCCCCCCCCCOCC(COP(=O)(O)CC[NH+]1CCCC1)OC=O. The van der Waals surface area contributed by atoms with E-state index in [-0.39, 0.29) is 19.4 Å². The van der Waals surface area contributed by atoms with Crippen molar-refractivity contribution in [3.63, 3.8) is 0 Å². The highest BCUT2D eigenvalue weighted by Crippen LogP contribution is 2.41. The van der Waals surface area contributed by atoms with Crippen LogP contribution in [-0.2, 0) is 23.4 Å². The molecular weight excluding hydrogens is 489 g/mol. The Hall–Kier alpha value is -0.460. The summed E-state index contributed by atoms with van der Waals surface area (Å²) < 4.78 is 28.1. The second-order valence-corrected chi connectivity index (χ2v) is 12.9. The van der Waals surface area contributed by atoms with Crippen LogP contribution in [0.1, 0.15) is 129 Å². The van der Waals surface area contributed by atoms with Gasteiger partial charge in [0, 0.05) is 19.4 Å². The molecule has 220 valence electrons. The van der Waals surface area contributed by atoms with E-state index in [2.05, 4.69) is 6.92 Å². The molecule has 0 aromatic carbocycles. The van der Waals surface area contributed by atoms with Gasteiger partial charge in [-0.3, -0.25) is 9.36 Å². The molecule has 2 atom stereocenters. The lowest BCUT2D eigenvalue weighted by Gasteiger charge is -2.19. The van der Waals surface area contributed by atoms with Crippen LogP contribution in [0.4, 0.5) is 0 Å². The maximum Gasteiger partial charge on any atom is 0.333 e. The summed E-state index contributed by atoms with van der Waals surface area (Å²) in [5, 5.41) is 0. The van der Waals surface area contributed by atoms with Crippen molar-refractivity contribution in [1.29, 1.82) is 0 Å². The molecule has 1 aliphatic rings. The molecule has 1 saturated heterocycles. The molecule has 0 spiro atoms. The monoisotopic (exact) mass is 548 g/mol. The van der Waals surface area contributed by atoms with E-state index in [1.54, 1.807) is 0 Å². The summed E-state index contributed by atoms with van der Waals surface area (Å²) in [5.41, 5.74) is 0. The summed E-state index contributed by atoms with van der Waals surface area (Å²) in [6.07, 6.45) is 24.6. The summed E-state index contributed by atoms with van der Waals surface area (Å²) in [6, 6.07) is 0. The molecule has 0 radical (unpaired) electrons. The van der Waals surface area contributed by atoms with Gasteiger partial charge in [-0.05, 0) is 6.42 Å². The fraction of sp³-hybridized carbons (Fsp3) is 0.966. The van der Waals surface area contributed by atoms with Crippen molar-refractivity contribution < 1.29 is 33.2 Å². The van der Waals surface area contributed by atoms with Crippen LogP contribution in [0.25, 0.3) is 0 Å². The molecular formula is C29H59NO6P+. The third-order valence-corrected chi connectivity index (χ3v) is 8.81. The number of likely N-dealkylation sites (tertiary alicyclic amines) is 1. The van der Waals surface area contributed by atoms with Crippen LogP contribution < -0.4 is 4.90 Å². The molecule has 0 aromatic rings. The van der Waals surface area contributed by atoms with Crippen molar-refractivity contribution in [3.8, 4) is 0 Å². The minimum absolute atomic E-state index is 0.110. The number of rotatable bonds is 28. The van der Waals surface area contributed by atoms with Gasteiger partial charge in [-0.2, -0.15) is 0 Å². The van der Waals surface area contributed by atoms with Crippen LogP contribution in [0, 0.1) is 0 Å². The van der Waals surface area contributed by atoms with Gasteiger partial charge in [0.1, 0.15) is 6.10 Å². The zero-order valence-corrected chi connectivity index (χ0v) is 24.9. The Kier molecular flexibility index (Phi) is 23.0. The first-order chi connectivity index (χ1) is 18.1. The molecule has 1 fully saturated rings. The predicted molar refractivity (Wildman–Crippen MR) is 151 cm³/mol. The van der Waals surface area contributed by atoms with Gasteiger partial charge in [0.25, 0.3) is 6.47 Å². The lowest BCUT2D eigenvalue weighted by atomic mass is 10.0. The van der Waals surface area contributed by atoms with Crippen molar-refractivity contribution >= 4 is 14.1 Å². The van der Waals surface area contributed by atoms with Crippen LogP contribution in [0.15, 0.2) is 0 Å². The third kappa shape index (κ3) is 22.1. The third-order valence-electron chi connectivity index (χ3n) is 7.46. The number of carbonyl (C=O) groups excluding carboxylic acids is 1. The van der Waals surface area contributed by atoms with Gasteiger partial charge in [0.2, 0.25) is 0 Å². The summed E-state index contributed by atoms with van der Waals surface area (Å²) in [5.74, 6) is 0. The summed E-state index contributed by atoms with van der Waals surface area (Å²) in [4.78, 5) is 22.2. The normalized spacial score (nSPS) is 16.6. The minimum atomic E-state index is -3.67. The molecule has 1 heterocycles. The molecule has 0 aliphatic carbocycles. The molecule has 37 heavy (non-hydrogen) atoms. The molecule has 1 aliphatic heterocycles. The van der Waals surface area contributed by atoms with Gasteiger partial charge < -0.3 is 23.8 Å². The lowest BCUT2D eigenvalue weighted by Crippen LogP contribution is -3.10. The molecule has 8 heteroatoms. The topological polar surface area (TPSA) is 86.5 Å². The Morgan fingerprint density at radius 2 is 1.27 bits per heavy atom. The second-order valence-electron chi connectivity index (χ2n) is 11.0. The van der Waals surface area contributed by atoms with Crippen LogP contribution >= 0.6 is 7.60 Å². The molecule has 0 aromatic heterocycles. The van der Waals surface area contributed by atoms with Gasteiger partial charge in [0.05, 0.1) is 39.0 Å². The zero-order chi connectivity index (χ0) is 26.9. The maximum absolute atomic E-state index is 12.3. The van der Waals surface area contributed by atoms with Gasteiger partial charge in [-0.15, -0.1) is 0 Å². The number of hydrogen-bond donors (Lipinski definition) is 2. The summed E-state index contributed by atoms with van der Waals surface area (Å²) >= 11 is 0.